The summed E-state index contributed by atoms with van der Waals surface area (Å²) in [4.78, 5) is 0.00220. The topological polar surface area (TPSA) is 81.4 Å². The molecule has 0 bridgehead atoms. The molecule has 0 saturated heterocycles. The third-order valence-corrected chi connectivity index (χ3v) is 5.44. The van der Waals surface area contributed by atoms with E-state index in [0.717, 1.165) is 12.8 Å². The van der Waals surface area contributed by atoms with Gasteiger partial charge in [0.1, 0.15) is 4.90 Å². The van der Waals surface area contributed by atoms with Crippen LogP contribution in [0.1, 0.15) is 12.8 Å². The quantitative estimate of drug-likeness (QED) is 0.788. The first-order valence-corrected chi connectivity index (χ1v) is 8.79. The first-order valence-electron chi connectivity index (χ1n) is 6.13. The number of nitrogens with two attached hydrogens (primary N) is 1. The zero-order valence-electron chi connectivity index (χ0n) is 10.9. The van der Waals surface area contributed by atoms with Gasteiger partial charge in [-0.25, -0.2) is 13.1 Å². The van der Waals surface area contributed by atoms with Crippen LogP contribution in [0.3, 0.4) is 0 Å². The molecule has 0 heterocycles. The van der Waals surface area contributed by atoms with Gasteiger partial charge in [0, 0.05) is 17.6 Å². The van der Waals surface area contributed by atoms with Crippen LogP contribution in [0.5, 0.6) is 5.75 Å². The lowest BCUT2D eigenvalue weighted by Crippen LogP contribution is -2.38. The van der Waals surface area contributed by atoms with Gasteiger partial charge in [-0.2, -0.15) is 0 Å². The van der Waals surface area contributed by atoms with E-state index in [0.29, 0.717) is 15.4 Å². The van der Waals surface area contributed by atoms with Crippen LogP contribution in [0.4, 0.5) is 0 Å². The number of methoxy groups -OCH3 is 1. The summed E-state index contributed by atoms with van der Waals surface area (Å²) >= 11 is 9.14. The van der Waals surface area contributed by atoms with Crippen LogP contribution in [0, 0.1) is 5.92 Å². The fourth-order valence-corrected chi connectivity index (χ4v) is 4.36. The molecule has 3 N–H and O–H groups in total. The molecule has 0 aliphatic heterocycles. The van der Waals surface area contributed by atoms with Crippen LogP contribution < -0.4 is 15.2 Å². The maximum atomic E-state index is 12.3. The lowest BCUT2D eigenvalue weighted by atomic mass is 10.2. The highest BCUT2D eigenvalue weighted by Gasteiger charge is 2.30. The van der Waals surface area contributed by atoms with Crippen molar-refractivity contribution in [1.29, 1.82) is 0 Å². The Morgan fingerprint density at radius 2 is 2.20 bits per heavy atom. The zero-order valence-corrected chi connectivity index (χ0v) is 14.1. The lowest BCUT2D eigenvalue weighted by molar-refractivity contribution is 0.399. The smallest absolute Gasteiger partial charge is 0.244 e. The fourth-order valence-electron chi connectivity index (χ4n) is 1.91. The summed E-state index contributed by atoms with van der Waals surface area (Å²) in [6.45, 7) is 0.209. The van der Waals surface area contributed by atoms with E-state index in [-0.39, 0.29) is 23.2 Å². The molecule has 5 nitrogen and oxygen atoms in total. The summed E-state index contributed by atoms with van der Waals surface area (Å²) in [6, 6.07) is 2.78. The monoisotopic (exact) mass is 382 g/mol. The minimum Gasteiger partial charge on any atom is -0.494 e. The summed E-state index contributed by atoms with van der Waals surface area (Å²) in [5.41, 5.74) is 5.90. The number of hydrogen-bond acceptors (Lipinski definition) is 4. The Kier molecular flexibility index (Phi) is 4.96. The molecule has 0 radical (unpaired) electrons. The van der Waals surface area contributed by atoms with E-state index in [4.69, 9.17) is 22.1 Å². The van der Waals surface area contributed by atoms with Crippen LogP contribution in [0.25, 0.3) is 0 Å². The van der Waals surface area contributed by atoms with Crippen molar-refractivity contribution < 1.29 is 13.2 Å². The maximum absolute atomic E-state index is 12.3. The first-order chi connectivity index (χ1) is 9.35. The zero-order chi connectivity index (χ0) is 14.9. The van der Waals surface area contributed by atoms with Gasteiger partial charge in [-0.3, -0.25) is 0 Å². The van der Waals surface area contributed by atoms with Gasteiger partial charge in [0.25, 0.3) is 0 Å². The van der Waals surface area contributed by atoms with Crippen molar-refractivity contribution in [2.24, 2.45) is 11.7 Å². The van der Waals surface area contributed by atoms with Crippen molar-refractivity contribution in [1.82, 2.24) is 4.72 Å². The molecule has 1 atom stereocenters. The molecule has 1 aromatic carbocycles. The molecule has 0 aromatic heterocycles. The fraction of sp³-hybridized carbons (Fsp3) is 0.500. The predicted molar refractivity (Wildman–Crippen MR) is 81.6 cm³/mol. The van der Waals surface area contributed by atoms with Crippen molar-refractivity contribution in [3.8, 4) is 5.75 Å². The molecule has 1 saturated carbocycles. The Balaban J connectivity index is 2.23. The van der Waals surface area contributed by atoms with Crippen LogP contribution in [-0.4, -0.2) is 28.1 Å². The van der Waals surface area contributed by atoms with Gasteiger partial charge in [-0.1, -0.05) is 11.6 Å². The maximum Gasteiger partial charge on any atom is 0.244 e. The molecule has 1 unspecified atom stereocenters. The molecule has 20 heavy (non-hydrogen) atoms. The van der Waals surface area contributed by atoms with Gasteiger partial charge >= 0.3 is 0 Å². The second kappa shape index (κ2) is 6.19. The molecule has 1 fully saturated rings. The van der Waals surface area contributed by atoms with Crippen molar-refractivity contribution in [3.05, 3.63) is 21.6 Å². The largest absolute Gasteiger partial charge is 0.494 e. The van der Waals surface area contributed by atoms with Gasteiger partial charge in [-0.05, 0) is 46.8 Å². The second-order valence-electron chi connectivity index (χ2n) is 4.77. The Labute approximate surface area is 132 Å². The van der Waals surface area contributed by atoms with E-state index in [1.54, 1.807) is 6.07 Å². The molecular weight excluding hydrogens is 368 g/mol. The van der Waals surface area contributed by atoms with Gasteiger partial charge in [0.2, 0.25) is 10.0 Å². The van der Waals surface area contributed by atoms with Crippen LogP contribution >= 0.6 is 27.5 Å². The molecule has 8 heteroatoms. The summed E-state index contributed by atoms with van der Waals surface area (Å²) in [6.07, 6.45) is 2.13. The Bertz CT molecular complexity index is 605. The highest BCUT2D eigenvalue weighted by atomic mass is 79.9. The van der Waals surface area contributed by atoms with Gasteiger partial charge in [-0.15, -0.1) is 0 Å². The van der Waals surface area contributed by atoms with Gasteiger partial charge in [0.05, 0.1) is 11.6 Å². The van der Waals surface area contributed by atoms with Crippen LogP contribution in [-0.2, 0) is 10.0 Å². The minimum atomic E-state index is -3.72. The van der Waals surface area contributed by atoms with E-state index in [1.165, 1.54) is 13.2 Å². The minimum absolute atomic E-state index is 0.00220. The van der Waals surface area contributed by atoms with E-state index < -0.39 is 10.0 Å². The summed E-state index contributed by atoms with van der Waals surface area (Å²) in [7, 11) is -2.31. The van der Waals surface area contributed by atoms with Crippen molar-refractivity contribution in [2.75, 3.05) is 13.7 Å². The third-order valence-electron chi connectivity index (χ3n) is 3.20. The van der Waals surface area contributed by atoms with Crippen LogP contribution in [0.2, 0.25) is 5.02 Å². The second-order valence-corrected chi connectivity index (χ2v) is 7.80. The van der Waals surface area contributed by atoms with E-state index >= 15 is 0 Å². The van der Waals surface area contributed by atoms with Gasteiger partial charge in [0.15, 0.2) is 5.75 Å². The Morgan fingerprint density at radius 3 is 2.75 bits per heavy atom. The average Bonchev–Trinajstić information content (AvgIpc) is 3.19. The number of rotatable bonds is 6. The van der Waals surface area contributed by atoms with E-state index in [1.807, 2.05) is 0 Å². The average molecular weight is 384 g/mol. The molecule has 112 valence electrons. The number of halogens is 2. The molecule has 2 rings (SSSR count). The van der Waals surface area contributed by atoms with Crippen molar-refractivity contribution >= 4 is 37.6 Å². The lowest BCUT2D eigenvalue weighted by Gasteiger charge is -2.15. The number of hydrogen-bond donors (Lipinski definition) is 2. The third kappa shape index (κ3) is 3.65. The number of sulfonamides is 1. The van der Waals surface area contributed by atoms with Crippen molar-refractivity contribution in [2.45, 2.75) is 23.8 Å². The standard InChI is InChI=1S/C12H16BrClN2O3S/c1-19-12-9(13)4-8(14)5-11(12)20(17,18)16-6-10(15)7-2-3-7/h4-5,7,10,16H,2-3,6,15H2,1H3. The molecular formula is C12H16BrClN2O3S. The number of nitrogens with one attached hydrogen (secondary N) is 1. The number of benzene rings is 1. The predicted octanol–water partition coefficient (Wildman–Crippen LogP) is 2.13. The molecule has 1 aromatic rings. The highest BCUT2D eigenvalue weighted by Crippen LogP contribution is 2.35. The van der Waals surface area contributed by atoms with E-state index in [9.17, 15) is 8.42 Å². The Morgan fingerprint density at radius 1 is 1.55 bits per heavy atom. The summed E-state index contributed by atoms with van der Waals surface area (Å²) < 4.78 is 32.8. The van der Waals surface area contributed by atoms with Gasteiger partial charge < -0.3 is 10.5 Å². The number of ether oxygens (including phenoxy) is 1. The van der Waals surface area contributed by atoms with Crippen molar-refractivity contribution in [3.63, 3.8) is 0 Å². The van der Waals surface area contributed by atoms with Crippen LogP contribution in [0.15, 0.2) is 21.5 Å². The summed E-state index contributed by atoms with van der Waals surface area (Å²) in [5, 5.41) is 0.310. The summed E-state index contributed by atoms with van der Waals surface area (Å²) in [5.74, 6) is 0.646. The first kappa shape index (κ1) is 16.0. The molecule has 1 aliphatic rings. The highest BCUT2D eigenvalue weighted by molar-refractivity contribution is 9.10. The normalized spacial score (nSPS) is 17.0. The Hall–Kier alpha value is -0.340. The molecule has 0 spiro atoms. The SMILES string of the molecule is COc1c(Br)cc(Cl)cc1S(=O)(=O)NCC(N)C1CC1. The molecule has 0 amide bonds. The molecule has 1 aliphatic carbocycles. The van der Waals surface area contributed by atoms with E-state index in [2.05, 4.69) is 20.7 Å².